The third-order valence-corrected chi connectivity index (χ3v) is 4.92. The van der Waals surface area contributed by atoms with E-state index in [1.54, 1.807) is 30.3 Å². The molecule has 0 unspecified atom stereocenters. The number of carbonyl (C=O) groups is 1. The molecule has 0 fully saturated rings. The Kier molecular flexibility index (Phi) is 4.40. The molecular weight excluding hydrogens is 340 g/mol. The van der Waals surface area contributed by atoms with Crippen molar-refractivity contribution in [1.29, 1.82) is 0 Å². The molecule has 5 heteroatoms. The van der Waals surface area contributed by atoms with E-state index in [0.29, 0.717) is 10.0 Å². The molecular formula is C15H13BrO3S. The first-order valence-electron chi connectivity index (χ1n) is 5.97. The molecule has 0 amide bonds. The summed E-state index contributed by atoms with van der Waals surface area (Å²) < 4.78 is 25.1. The Bertz CT molecular complexity index is 751. The topological polar surface area (TPSA) is 51.2 Å². The zero-order chi connectivity index (χ0) is 14.8. The average molecular weight is 353 g/mol. The first kappa shape index (κ1) is 14.9. The Labute approximate surface area is 126 Å². The van der Waals surface area contributed by atoms with Crippen molar-refractivity contribution < 1.29 is 13.2 Å². The second kappa shape index (κ2) is 5.89. The van der Waals surface area contributed by atoms with Crippen molar-refractivity contribution in [2.75, 3.05) is 5.75 Å². The fourth-order valence-electron chi connectivity index (χ4n) is 1.82. The summed E-state index contributed by atoms with van der Waals surface area (Å²) in [5.74, 6) is -0.916. The zero-order valence-corrected chi connectivity index (χ0v) is 13.2. The van der Waals surface area contributed by atoms with Gasteiger partial charge in [0, 0.05) is 10.0 Å². The molecule has 3 nitrogen and oxygen atoms in total. The molecule has 0 aliphatic carbocycles. The number of hydrogen-bond donors (Lipinski definition) is 0. The molecule has 0 spiro atoms. The predicted molar refractivity (Wildman–Crippen MR) is 81.7 cm³/mol. The third-order valence-electron chi connectivity index (χ3n) is 2.82. The van der Waals surface area contributed by atoms with Gasteiger partial charge in [0.25, 0.3) is 0 Å². The Morgan fingerprint density at radius 3 is 2.45 bits per heavy atom. The molecule has 0 aliphatic heterocycles. The van der Waals surface area contributed by atoms with Crippen LogP contribution in [0.25, 0.3) is 0 Å². The summed E-state index contributed by atoms with van der Waals surface area (Å²) in [6.07, 6.45) is 0. The summed E-state index contributed by atoms with van der Waals surface area (Å²) in [4.78, 5) is 12.2. The number of benzene rings is 2. The minimum Gasteiger partial charge on any atom is -0.293 e. The Hall–Kier alpha value is -1.46. The van der Waals surface area contributed by atoms with Gasteiger partial charge in [0.1, 0.15) is 5.75 Å². The van der Waals surface area contributed by atoms with Gasteiger partial charge in [-0.25, -0.2) is 8.42 Å². The van der Waals surface area contributed by atoms with Gasteiger partial charge in [-0.3, -0.25) is 4.79 Å². The highest BCUT2D eigenvalue weighted by Gasteiger charge is 2.20. The maximum absolute atomic E-state index is 12.2. The first-order chi connectivity index (χ1) is 9.38. The predicted octanol–water partition coefficient (Wildman–Crippen LogP) is 3.41. The maximum Gasteiger partial charge on any atom is 0.185 e. The number of hydrogen-bond acceptors (Lipinski definition) is 3. The molecule has 0 N–H and O–H groups in total. The molecule has 0 heterocycles. The fourth-order valence-corrected chi connectivity index (χ4v) is 3.64. The smallest absolute Gasteiger partial charge is 0.185 e. The Morgan fingerprint density at radius 1 is 1.10 bits per heavy atom. The van der Waals surface area contributed by atoms with Crippen molar-refractivity contribution in [3.05, 3.63) is 64.1 Å². The van der Waals surface area contributed by atoms with Crippen molar-refractivity contribution in [2.24, 2.45) is 0 Å². The highest BCUT2D eigenvalue weighted by molar-refractivity contribution is 9.10. The van der Waals surface area contributed by atoms with Crippen LogP contribution in [0.4, 0.5) is 0 Å². The molecule has 0 saturated carbocycles. The van der Waals surface area contributed by atoms with Crippen molar-refractivity contribution in [1.82, 2.24) is 0 Å². The standard InChI is InChI=1S/C15H13BrO3S/c1-11-4-2-5-12(8-11)15(17)10-20(18,19)14-7-3-6-13(16)9-14/h2-9H,10H2,1H3. The van der Waals surface area contributed by atoms with Gasteiger partial charge in [0.15, 0.2) is 15.6 Å². The molecule has 20 heavy (non-hydrogen) atoms. The van der Waals surface area contributed by atoms with Gasteiger partial charge >= 0.3 is 0 Å². The van der Waals surface area contributed by atoms with Crippen molar-refractivity contribution in [3.8, 4) is 0 Å². The number of halogens is 1. The number of carbonyl (C=O) groups excluding carboxylic acids is 1. The monoisotopic (exact) mass is 352 g/mol. The number of rotatable bonds is 4. The second-order valence-electron chi connectivity index (χ2n) is 4.51. The summed E-state index contributed by atoms with van der Waals surface area (Å²) in [7, 11) is -3.62. The Balaban J connectivity index is 2.27. The van der Waals surface area contributed by atoms with Crippen molar-refractivity contribution in [2.45, 2.75) is 11.8 Å². The highest BCUT2D eigenvalue weighted by atomic mass is 79.9. The second-order valence-corrected chi connectivity index (χ2v) is 7.41. The molecule has 0 bridgehead atoms. The largest absolute Gasteiger partial charge is 0.293 e. The third kappa shape index (κ3) is 3.55. The number of ketones is 1. The SMILES string of the molecule is Cc1cccc(C(=O)CS(=O)(=O)c2cccc(Br)c2)c1. The molecule has 104 valence electrons. The van der Waals surface area contributed by atoms with Crippen LogP contribution in [0.3, 0.4) is 0 Å². The van der Waals surface area contributed by atoms with E-state index in [9.17, 15) is 13.2 Å². The van der Waals surface area contributed by atoms with Crippen LogP contribution in [-0.4, -0.2) is 20.0 Å². The molecule has 0 aromatic heterocycles. The lowest BCUT2D eigenvalue weighted by Gasteiger charge is -2.05. The summed E-state index contributed by atoms with van der Waals surface area (Å²) in [6, 6.07) is 13.3. The van der Waals surface area contributed by atoms with Crippen LogP contribution >= 0.6 is 15.9 Å². The van der Waals surface area contributed by atoms with Crippen LogP contribution in [0.15, 0.2) is 57.9 Å². The van der Waals surface area contributed by atoms with E-state index in [-0.39, 0.29) is 4.90 Å². The van der Waals surface area contributed by atoms with Gasteiger partial charge < -0.3 is 0 Å². The number of sulfone groups is 1. The lowest BCUT2D eigenvalue weighted by molar-refractivity contribution is 0.102. The van der Waals surface area contributed by atoms with E-state index in [1.165, 1.54) is 12.1 Å². The average Bonchev–Trinajstić information content (AvgIpc) is 2.38. The molecule has 0 atom stereocenters. The van der Waals surface area contributed by atoms with Crippen LogP contribution in [0.1, 0.15) is 15.9 Å². The molecule has 2 aromatic rings. The van der Waals surface area contributed by atoms with Crippen LogP contribution in [0, 0.1) is 6.92 Å². The van der Waals surface area contributed by atoms with Gasteiger partial charge in [-0.2, -0.15) is 0 Å². The van der Waals surface area contributed by atoms with E-state index in [1.807, 2.05) is 13.0 Å². The fraction of sp³-hybridized carbons (Fsp3) is 0.133. The van der Waals surface area contributed by atoms with Crippen molar-refractivity contribution >= 4 is 31.6 Å². The number of Topliss-reactive ketones (excluding diaryl/α,β-unsaturated/α-hetero) is 1. The van der Waals surface area contributed by atoms with E-state index in [4.69, 9.17) is 0 Å². The van der Waals surface area contributed by atoms with Gasteiger partial charge in [0.05, 0.1) is 4.90 Å². The van der Waals surface area contributed by atoms with Crippen LogP contribution in [0.2, 0.25) is 0 Å². The molecule has 0 saturated heterocycles. The van der Waals surface area contributed by atoms with Gasteiger partial charge in [-0.15, -0.1) is 0 Å². The summed E-state index contributed by atoms with van der Waals surface area (Å²) in [5.41, 5.74) is 1.35. The van der Waals surface area contributed by atoms with Gasteiger partial charge in [-0.05, 0) is 31.2 Å². The van der Waals surface area contributed by atoms with Gasteiger partial charge in [-0.1, -0.05) is 45.8 Å². The minimum atomic E-state index is -3.62. The van der Waals surface area contributed by atoms with Gasteiger partial charge in [0.2, 0.25) is 0 Å². The first-order valence-corrected chi connectivity index (χ1v) is 8.41. The van der Waals surface area contributed by atoms with E-state index in [0.717, 1.165) is 5.56 Å². The molecule has 2 aromatic carbocycles. The molecule has 2 rings (SSSR count). The molecule has 0 aliphatic rings. The summed E-state index contributed by atoms with van der Waals surface area (Å²) >= 11 is 3.23. The van der Waals surface area contributed by atoms with E-state index >= 15 is 0 Å². The van der Waals surface area contributed by atoms with Crippen LogP contribution in [0.5, 0.6) is 0 Å². The van der Waals surface area contributed by atoms with Crippen LogP contribution < -0.4 is 0 Å². The Morgan fingerprint density at radius 2 is 1.80 bits per heavy atom. The lowest BCUT2D eigenvalue weighted by atomic mass is 10.1. The quantitative estimate of drug-likeness (QED) is 0.792. The molecule has 0 radical (unpaired) electrons. The summed E-state index contributed by atoms with van der Waals surface area (Å²) in [6.45, 7) is 1.86. The maximum atomic E-state index is 12.2. The summed E-state index contributed by atoms with van der Waals surface area (Å²) in [5, 5.41) is 0. The highest BCUT2D eigenvalue weighted by Crippen LogP contribution is 2.18. The lowest BCUT2D eigenvalue weighted by Crippen LogP contribution is -2.16. The normalized spacial score (nSPS) is 11.3. The van der Waals surface area contributed by atoms with E-state index < -0.39 is 21.4 Å². The van der Waals surface area contributed by atoms with E-state index in [2.05, 4.69) is 15.9 Å². The van der Waals surface area contributed by atoms with Crippen LogP contribution in [-0.2, 0) is 9.84 Å². The van der Waals surface area contributed by atoms with Crippen molar-refractivity contribution in [3.63, 3.8) is 0 Å². The number of aryl methyl sites for hydroxylation is 1. The minimum absolute atomic E-state index is 0.146. The zero-order valence-electron chi connectivity index (χ0n) is 10.8.